The van der Waals surface area contributed by atoms with Crippen molar-refractivity contribution in [1.82, 2.24) is 0 Å². The zero-order chi connectivity index (χ0) is 11.4. The molecule has 0 saturated carbocycles. The van der Waals surface area contributed by atoms with Crippen LogP contribution in [0.1, 0.15) is 12.8 Å². The third-order valence-corrected chi connectivity index (χ3v) is 2.68. The smallest absolute Gasteiger partial charge is 0.183 e. The molecule has 1 aliphatic rings. The van der Waals surface area contributed by atoms with E-state index in [0.29, 0.717) is 11.4 Å². The molecule has 0 radical (unpaired) electrons. The first-order valence-corrected chi connectivity index (χ1v) is 5.48. The van der Waals surface area contributed by atoms with Crippen molar-refractivity contribution in [2.45, 2.75) is 18.9 Å². The number of nitrogen functional groups attached to an aromatic ring is 1. The third-order valence-electron chi connectivity index (χ3n) is 2.68. The van der Waals surface area contributed by atoms with E-state index in [1.165, 1.54) is 0 Å². The molecule has 0 bridgehead atoms. The second kappa shape index (κ2) is 5.07. The van der Waals surface area contributed by atoms with E-state index in [2.05, 4.69) is 0 Å². The van der Waals surface area contributed by atoms with Crippen molar-refractivity contribution < 1.29 is 14.2 Å². The molecule has 1 fully saturated rings. The lowest BCUT2D eigenvalue weighted by Gasteiger charge is -2.24. The van der Waals surface area contributed by atoms with Crippen LogP contribution in [0.2, 0.25) is 0 Å². The van der Waals surface area contributed by atoms with E-state index in [-0.39, 0.29) is 6.10 Å². The number of methoxy groups -OCH3 is 1. The molecule has 2 N–H and O–H groups in total. The standard InChI is InChI=1S/C12H17NO3/c1-14-12-10(13)3-2-4-11(12)16-9-5-7-15-8-6-9/h2-4,9H,5-8,13H2,1H3. The summed E-state index contributed by atoms with van der Waals surface area (Å²) in [6.07, 6.45) is 2.03. The van der Waals surface area contributed by atoms with Gasteiger partial charge in [-0.3, -0.25) is 0 Å². The minimum atomic E-state index is 0.199. The van der Waals surface area contributed by atoms with E-state index in [1.807, 2.05) is 12.1 Å². The number of ether oxygens (including phenoxy) is 3. The summed E-state index contributed by atoms with van der Waals surface area (Å²) >= 11 is 0. The quantitative estimate of drug-likeness (QED) is 0.794. The van der Waals surface area contributed by atoms with Gasteiger partial charge in [0, 0.05) is 12.8 Å². The van der Waals surface area contributed by atoms with Gasteiger partial charge in [-0.2, -0.15) is 0 Å². The second-order valence-electron chi connectivity index (χ2n) is 3.81. The lowest BCUT2D eigenvalue weighted by Crippen LogP contribution is -2.26. The van der Waals surface area contributed by atoms with E-state index in [9.17, 15) is 0 Å². The van der Waals surface area contributed by atoms with Crippen molar-refractivity contribution in [2.24, 2.45) is 0 Å². The Labute approximate surface area is 95.3 Å². The average molecular weight is 223 g/mol. The normalized spacial score (nSPS) is 17.1. The molecule has 4 heteroatoms. The number of para-hydroxylation sites is 1. The van der Waals surface area contributed by atoms with Gasteiger partial charge in [-0.05, 0) is 12.1 Å². The molecule has 1 heterocycles. The van der Waals surface area contributed by atoms with E-state index in [4.69, 9.17) is 19.9 Å². The van der Waals surface area contributed by atoms with Gasteiger partial charge in [-0.1, -0.05) is 6.07 Å². The molecule has 1 saturated heterocycles. The number of rotatable bonds is 3. The highest BCUT2D eigenvalue weighted by molar-refractivity contribution is 5.60. The number of anilines is 1. The van der Waals surface area contributed by atoms with Crippen LogP contribution in [0.25, 0.3) is 0 Å². The molecule has 4 nitrogen and oxygen atoms in total. The Morgan fingerprint density at radius 1 is 1.31 bits per heavy atom. The van der Waals surface area contributed by atoms with E-state index < -0.39 is 0 Å². The van der Waals surface area contributed by atoms with Gasteiger partial charge in [0.15, 0.2) is 11.5 Å². The van der Waals surface area contributed by atoms with Crippen LogP contribution in [0, 0.1) is 0 Å². The van der Waals surface area contributed by atoms with Crippen LogP contribution in [0.3, 0.4) is 0 Å². The molecule has 1 aromatic carbocycles. The molecule has 2 rings (SSSR count). The largest absolute Gasteiger partial charge is 0.491 e. The predicted molar refractivity (Wildman–Crippen MR) is 61.9 cm³/mol. The monoisotopic (exact) mass is 223 g/mol. The van der Waals surface area contributed by atoms with Gasteiger partial charge in [-0.25, -0.2) is 0 Å². The third kappa shape index (κ3) is 2.39. The van der Waals surface area contributed by atoms with Crippen LogP contribution in [0.5, 0.6) is 11.5 Å². The first-order valence-electron chi connectivity index (χ1n) is 5.48. The molecule has 1 aliphatic heterocycles. The summed E-state index contributed by atoms with van der Waals surface area (Å²) in [7, 11) is 1.60. The molecule has 0 aromatic heterocycles. The van der Waals surface area contributed by atoms with Crippen LogP contribution >= 0.6 is 0 Å². The van der Waals surface area contributed by atoms with Crippen LogP contribution in [-0.4, -0.2) is 26.4 Å². The summed E-state index contributed by atoms with van der Waals surface area (Å²) in [6.45, 7) is 1.52. The average Bonchev–Trinajstić information content (AvgIpc) is 2.31. The van der Waals surface area contributed by atoms with Gasteiger partial charge < -0.3 is 19.9 Å². The Morgan fingerprint density at radius 2 is 2.06 bits per heavy atom. The van der Waals surface area contributed by atoms with Gasteiger partial charge in [0.1, 0.15) is 6.10 Å². The molecular weight excluding hydrogens is 206 g/mol. The molecular formula is C12H17NO3. The minimum Gasteiger partial charge on any atom is -0.491 e. The Hall–Kier alpha value is -1.42. The van der Waals surface area contributed by atoms with Gasteiger partial charge in [0.05, 0.1) is 26.0 Å². The highest BCUT2D eigenvalue weighted by Crippen LogP contribution is 2.34. The Kier molecular flexibility index (Phi) is 3.51. The number of hydrogen-bond donors (Lipinski definition) is 1. The van der Waals surface area contributed by atoms with Crippen molar-refractivity contribution in [3.05, 3.63) is 18.2 Å². The summed E-state index contributed by atoms with van der Waals surface area (Å²) in [6, 6.07) is 5.55. The van der Waals surface area contributed by atoms with E-state index in [1.54, 1.807) is 13.2 Å². The van der Waals surface area contributed by atoms with Crippen molar-refractivity contribution >= 4 is 5.69 Å². The van der Waals surface area contributed by atoms with E-state index >= 15 is 0 Å². The van der Waals surface area contributed by atoms with Crippen LogP contribution in [0.15, 0.2) is 18.2 Å². The van der Waals surface area contributed by atoms with Crippen molar-refractivity contribution in [3.8, 4) is 11.5 Å². The van der Waals surface area contributed by atoms with Gasteiger partial charge in [-0.15, -0.1) is 0 Å². The van der Waals surface area contributed by atoms with Crippen LogP contribution < -0.4 is 15.2 Å². The first-order chi connectivity index (χ1) is 7.81. The number of benzene rings is 1. The summed E-state index contributed by atoms with van der Waals surface area (Å²) in [5, 5.41) is 0. The Morgan fingerprint density at radius 3 is 2.75 bits per heavy atom. The van der Waals surface area contributed by atoms with Crippen molar-refractivity contribution in [3.63, 3.8) is 0 Å². The summed E-state index contributed by atoms with van der Waals surface area (Å²) < 4.78 is 16.4. The maximum absolute atomic E-state index is 5.87. The van der Waals surface area contributed by atoms with Crippen LogP contribution in [0.4, 0.5) is 5.69 Å². The maximum Gasteiger partial charge on any atom is 0.183 e. The summed E-state index contributed by atoms with van der Waals surface area (Å²) in [5.41, 5.74) is 6.41. The fraction of sp³-hybridized carbons (Fsp3) is 0.500. The van der Waals surface area contributed by atoms with Crippen molar-refractivity contribution in [1.29, 1.82) is 0 Å². The lowest BCUT2D eigenvalue weighted by atomic mass is 10.1. The highest BCUT2D eigenvalue weighted by atomic mass is 16.5. The van der Waals surface area contributed by atoms with Gasteiger partial charge in [0.25, 0.3) is 0 Å². The minimum absolute atomic E-state index is 0.199. The zero-order valence-electron chi connectivity index (χ0n) is 9.44. The summed E-state index contributed by atoms with van der Waals surface area (Å²) in [5.74, 6) is 1.34. The first kappa shape index (κ1) is 11.1. The Balaban J connectivity index is 2.10. The molecule has 0 aliphatic carbocycles. The second-order valence-corrected chi connectivity index (χ2v) is 3.81. The maximum atomic E-state index is 5.87. The van der Waals surface area contributed by atoms with Crippen molar-refractivity contribution in [2.75, 3.05) is 26.1 Å². The molecule has 0 amide bonds. The molecule has 0 unspecified atom stereocenters. The fourth-order valence-electron chi connectivity index (χ4n) is 1.82. The van der Waals surface area contributed by atoms with E-state index in [0.717, 1.165) is 31.8 Å². The number of hydrogen-bond acceptors (Lipinski definition) is 4. The molecule has 1 aromatic rings. The Bertz CT molecular complexity index is 348. The topological polar surface area (TPSA) is 53.7 Å². The summed E-state index contributed by atoms with van der Waals surface area (Å²) in [4.78, 5) is 0. The predicted octanol–water partition coefficient (Wildman–Crippen LogP) is 1.84. The molecule has 0 spiro atoms. The SMILES string of the molecule is COc1c(N)cccc1OC1CCOCC1. The molecule has 88 valence electrons. The van der Waals surface area contributed by atoms with Gasteiger partial charge in [0.2, 0.25) is 0 Å². The zero-order valence-corrected chi connectivity index (χ0v) is 9.44. The molecule has 0 atom stereocenters. The lowest BCUT2D eigenvalue weighted by molar-refractivity contribution is 0.0246. The fourth-order valence-corrected chi connectivity index (χ4v) is 1.82. The highest BCUT2D eigenvalue weighted by Gasteiger charge is 2.17. The molecule has 16 heavy (non-hydrogen) atoms. The van der Waals surface area contributed by atoms with Gasteiger partial charge >= 0.3 is 0 Å². The number of nitrogens with two attached hydrogens (primary N) is 1. The van der Waals surface area contributed by atoms with Crippen LogP contribution in [-0.2, 0) is 4.74 Å².